The van der Waals surface area contributed by atoms with Crippen molar-refractivity contribution in [3.05, 3.63) is 35.1 Å². The molecule has 0 amide bonds. The van der Waals surface area contributed by atoms with Crippen molar-refractivity contribution in [3.8, 4) is 0 Å². The molecule has 1 saturated heterocycles. The zero-order valence-electron chi connectivity index (χ0n) is 23.2. The molecule has 1 aliphatic heterocycles. The average molecular weight is 264 g/mol. The second-order valence-electron chi connectivity index (χ2n) is 4.67. The fourth-order valence-electron chi connectivity index (χ4n) is 1.32. The third kappa shape index (κ3) is 3.30. The van der Waals surface area contributed by atoms with E-state index in [1.165, 1.54) is 20.8 Å². The Morgan fingerprint density at radius 1 is 1.44 bits per heavy atom. The van der Waals surface area contributed by atoms with Gasteiger partial charge in [0.05, 0.1) is 22.7 Å². The molecular weight excluding hydrogens is 229 g/mol. The standard InChI is InChI=1S/C15H22FNO/c1-15(2,3)13-10-12(4-5-14(13)16)11-17-6-8-18-9-7-17/h4-5,10H,6-9,11H2,1-3H3/i4D,5D,6D2,7D2,8D2,9D2,10D,11D2. The van der Waals surface area contributed by atoms with E-state index in [-0.39, 0.29) is 0 Å². The van der Waals surface area contributed by atoms with Crippen LogP contribution in [0.2, 0.25) is 0 Å². The van der Waals surface area contributed by atoms with Crippen LogP contribution in [0.5, 0.6) is 0 Å². The molecule has 0 atom stereocenters. The second kappa shape index (κ2) is 5.37. The Morgan fingerprint density at radius 3 is 2.72 bits per heavy atom. The number of halogens is 1. The molecule has 0 unspecified atom stereocenters. The summed E-state index contributed by atoms with van der Waals surface area (Å²) in [6.07, 6.45) is 0. The van der Waals surface area contributed by atoms with Gasteiger partial charge < -0.3 is 4.74 Å². The smallest absolute Gasteiger partial charge is 0.126 e. The summed E-state index contributed by atoms with van der Waals surface area (Å²) in [5, 5.41) is 0. The molecule has 18 heavy (non-hydrogen) atoms. The normalized spacial score (nSPS) is 40.6. The molecule has 100 valence electrons. The van der Waals surface area contributed by atoms with Gasteiger partial charge in [0.1, 0.15) is 5.82 Å². The quantitative estimate of drug-likeness (QED) is 0.814. The van der Waals surface area contributed by atoms with Crippen molar-refractivity contribution < 1.29 is 26.9 Å². The van der Waals surface area contributed by atoms with Crippen LogP contribution in [0.3, 0.4) is 0 Å². The fourth-order valence-corrected chi connectivity index (χ4v) is 1.32. The molecule has 2 nitrogen and oxygen atoms in total. The maximum Gasteiger partial charge on any atom is 0.126 e. The molecule has 0 bridgehead atoms. The maximum absolute atomic E-state index is 14.7. The van der Waals surface area contributed by atoms with Crippen molar-refractivity contribution in [3.63, 3.8) is 0 Å². The van der Waals surface area contributed by atoms with E-state index in [0.717, 1.165) is 0 Å². The van der Waals surface area contributed by atoms with Crippen LogP contribution in [-0.4, -0.2) is 31.0 Å². The number of rotatable bonds is 2. The first-order valence-electron chi connectivity index (χ1n) is 11.8. The van der Waals surface area contributed by atoms with Crippen molar-refractivity contribution in [2.24, 2.45) is 0 Å². The molecule has 1 aromatic carbocycles. The Labute approximate surface area is 127 Å². The van der Waals surface area contributed by atoms with Crippen LogP contribution < -0.4 is 0 Å². The third-order valence-corrected chi connectivity index (χ3v) is 2.16. The molecule has 1 fully saturated rings. The van der Waals surface area contributed by atoms with Gasteiger partial charge in [0.15, 0.2) is 0 Å². The van der Waals surface area contributed by atoms with Crippen LogP contribution in [-0.2, 0) is 16.6 Å². The topological polar surface area (TPSA) is 12.5 Å². The van der Waals surface area contributed by atoms with E-state index in [9.17, 15) is 4.39 Å². The molecule has 0 N–H and O–H groups in total. The van der Waals surface area contributed by atoms with E-state index in [1.54, 1.807) is 0 Å². The van der Waals surface area contributed by atoms with Crippen LogP contribution in [0.25, 0.3) is 0 Å². The van der Waals surface area contributed by atoms with Gasteiger partial charge in [-0.25, -0.2) is 4.39 Å². The minimum atomic E-state index is -3.65. The highest BCUT2D eigenvalue weighted by molar-refractivity contribution is 5.30. The molecule has 0 aliphatic carbocycles. The maximum atomic E-state index is 14.7. The van der Waals surface area contributed by atoms with Crippen molar-refractivity contribution in [2.75, 3.05) is 26.1 Å². The van der Waals surface area contributed by atoms with Gasteiger partial charge in [-0.1, -0.05) is 32.9 Å². The Morgan fingerprint density at radius 2 is 2.11 bits per heavy atom. The largest absolute Gasteiger partial charge is 0.379 e. The van der Waals surface area contributed by atoms with Gasteiger partial charge >= 0.3 is 0 Å². The molecular formula is C15H22FNO. The Balaban J connectivity index is 2.99. The van der Waals surface area contributed by atoms with Crippen LogP contribution in [0, 0.1) is 5.82 Å². The number of nitrogens with zero attached hydrogens (tertiary/aromatic N) is 1. The fraction of sp³-hybridized carbons (Fsp3) is 0.600. The minimum absolute atomic E-state index is 0.425. The van der Waals surface area contributed by atoms with Gasteiger partial charge in [0, 0.05) is 27.7 Å². The summed E-state index contributed by atoms with van der Waals surface area (Å²) in [5.41, 5.74) is -2.74. The summed E-state index contributed by atoms with van der Waals surface area (Å²) in [6.45, 7) is -13.6. The lowest BCUT2D eigenvalue weighted by Crippen LogP contribution is -2.35. The monoisotopic (exact) mass is 264 g/mol. The molecule has 3 heteroatoms. The third-order valence-electron chi connectivity index (χ3n) is 2.16. The summed E-state index contributed by atoms with van der Waals surface area (Å²) < 4.78 is 123. The molecule has 2 rings (SSSR count). The number of hydrogen-bond donors (Lipinski definition) is 0. The highest BCUT2D eigenvalue weighted by Gasteiger charge is 2.19. The van der Waals surface area contributed by atoms with E-state index >= 15 is 0 Å². The molecule has 0 radical (unpaired) electrons. The summed E-state index contributed by atoms with van der Waals surface area (Å²) in [7, 11) is 0. The Bertz CT molecular complexity index is 883. The Hall–Kier alpha value is -0.930. The van der Waals surface area contributed by atoms with E-state index in [0.29, 0.717) is 0 Å². The van der Waals surface area contributed by atoms with E-state index in [4.69, 9.17) is 17.8 Å². The zero-order valence-corrected chi connectivity index (χ0v) is 10.2. The van der Waals surface area contributed by atoms with E-state index < -0.39 is 78.0 Å². The first-order valence-corrected chi connectivity index (χ1v) is 5.27. The van der Waals surface area contributed by atoms with Gasteiger partial charge in [-0.2, -0.15) is 0 Å². The van der Waals surface area contributed by atoms with E-state index in [2.05, 4.69) is 4.74 Å². The molecule has 1 aliphatic rings. The predicted molar refractivity (Wildman–Crippen MR) is 71.2 cm³/mol. The number of hydrogen-bond acceptors (Lipinski definition) is 2. The summed E-state index contributed by atoms with van der Waals surface area (Å²) in [4.78, 5) is -0.425. The number of benzene rings is 1. The average Bonchev–Trinajstić information content (AvgIpc) is 2.47. The SMILES string of the molecule is [2H]c1c([2H])c(C([2H])([2H])N2C([2H])([2H])C([2H])([2H])OC([2H])([2H])C2([2H])[2H])c([2H])c(C(C)(C)C)c1F. The molecule has 0 spiro atoms. The summed E-state index contributed by atoms with van der Waals surface area (Å²) >= 11 is 0. The van der Waals surface area contributed by atoms with Crippen molar-refractivity contribution >= 4 is 0 Å². The van der Waals surface area contributed by atoms with Crippen LogP contribution in [0.4, 0.5) is 4.39 Å². The molecule has 1 aromatic rings. The summed E-state index contributed by atoms with van der Waals surface area (Å²) in [6, 6.07) is -3.21. The second-order valence-corrected chi connectivity index (χ2v) is 4.67. The van der Waals surface area contributed by atoms with Crippen LogP contribution >= 0.6 is 0 Å². The van der Waals surface area contributed by atoms with Crippen molar-refractivity contribution in [1.29, 1.82) is 0 Å². The first-order chi connectivity index (χ1) is 13.5. The van der Waals surface area contributed by atoms with Gasteiger partial charge in [0.2, 0.25) is 0 Å². The Kier molecular flexibility index (Phi) is 1.36. The highest BCUT2D eigenvalue weighted by Crippen LogP contribution is 2.26. The van der Waals surface area contributed by atoms with Crippen LogP contribution in [0.1, 0.15) is 49.7 Å². The molecule has 0 aromatic heterocycles. The van der Waals surface area contributed by atoms with Crippen molar-refractivity contribution in [2.45, 2.75) is 32.7 Å². The predicted octanol–water partition coefficient (Wildman–Crippen LogP) is 2.96. The lowest BCUT2D eigenvalue weighted by Gasteiger charge is -2.27. The zero-order chi connectivity index (χ0) is 24.7. The molecule has 1 heterocycles. The lowest BCUT2D eigenvalue weighted by molar-refractivity contribution is 0.0341. The van der Waals surface area contributed by atoms with Crippen molar-refractivity contribution in [1.82, 2.24) is 4.90 Å². The summed E-state index contributed by atoms with van der Waals surface area (Å²) in [5.74, 6) is -1.26. The van der Waals surface area contributed by atoms with Gasteiger partial charge in [-0.3, -0.25) is 4.90 Å². The minimum Gasteiger partial charge on any atom is -0.379 e. The van der Waals surface area contributed by atoms with Gasteiger partial charge in [0.25, 0.3) is 0 Å². The highest BCUT2D eigenvalue weighted by atomic mass is 19.1. The van der Waals surface area contributed by atoms with E-state index in [1.807, 2.05) is 0 Å². The first kappa shape index (κ1) is 4.57. The number of ether oxygens (including phenoxy) is 1. The lowest BCUT2D eigenvalue weighted by atomic mass is 9.85. The number of morpholine rings is 1. The van der Waals surface area contributed by atoms with Crippen LogP contribution in [0.15, 0.2) is 18.1 Å². The van der Waals surface area contributed by atoms with Gasteiger partial charge in [-0.15, -0.1) is 0 Å². The van der Waals surface area contributed by atoms with Gasteiger partial charge in [-0.05, 0) is 22.6 Å². The molecule has 0 saturated carbocycles.